The maximum absolute atomic E-state index is 11.8. The van der Waals surface area contributed by atoms with Crippen molar-refractivity contribution in [2.45, 2.75) is 33.3 Å². The van der Waals surface area contributed by atoms with E-state index in [9.17, 15) is 8.42 Å². The van der Waals surface area contributed by atoms with E-state index in [2.05, 4.69) is 0 Å². The molecule has 0 aromatic carbocycles. The highest BCUT2D eigenvalue weighted by Gasteiger charge is 2.27. The van der Waals surface area contributed by atoms with E-state index in [1.54, 1.807) is 18.0 Å². The van der Waals surface area contributed by atoms with Crippen LogP contribution in [0.4, 0.5) is 0 Å². The molecule has 0 spiro atoms. The molecule has 0 aliphatic carbocycles. The Morgan fingerprint density at radius 3 is 2.44 bits per heavy atom. The average Bonchev–Trinajstić information content (AvgIpc) is 2.63. The topological polar surface area (TPSA) is 49.9 Å². The first-order valence-corrected chi connectivity index (χ1v) is 6.82. The summed E-state index contributed by atoms with van der Waals surface area (Å²) >= 11 is 0. The predicted octanol–water partition coefficient (Wildman–Crippen LogP) is 1.36. The Hall–Kier alpha value is -0.750. The molecular weight excluding hydrogens is 228 g/mol. The smallest absolute Gasteiger partial charge is 0.361 e. The van der Waals surface area contributed by atoms with Crippen LogP contribution < -0.4 is 0 Å². The Kier molecular flexibility index (Phi) is 4.21. The highest BCUT2D eigenvalue weighted by atomic mass is 32.2. The Morgan fingerprint density at radius 2 is 2.00 bits per heavy atom. The highest BCUT2D eigenvalue weighted by molar-refractivity contribution is 7.84. The molecule has 1 aliphatic rings. The third-order valence-electron chi connectivity index (χ3n) is 2.86. The molecule has 16 heavy (non-hydrogen) atoms. The summed E-state index contributed by atoms with van der Waals surface area (Å²) in [6, 6.07) is 0. The summed E-state index contributed by atoms with van der Waals surface area (Å²) in [6.07, 6.45) is 3.81. The minimum absolute atomic E-state index is 0.221. The van der Waals surface area contributed by atoms with Gasteiger partial charge in [-0.3, -0.25) is 4.18 Å². The fraction of sp³-hybridized carbons (Fsp3) is 0.800. The number of hydrogen-bond acceptors (Lipinski definition) is 4. The second kappa shape index (κ2) is 5.05. The molecule has 0 fully saturated rings. The molecule has 1 rings (SSSR count). The zero-order valence-electron chi connectivity index (χ0n) is 10.3. The first-order chi connectivity index (χ1) is 7.36. The monoisotopic (exact) mass is 248 g/mol. The van der Waals surface area contributed by atoms with Gasteiger partial charge >= 0.3 is 10.3 Å². The number of rotatable bonds is 5. The van der Waals surface area contributed by atoms with E-state index in [1.165, 1.54) is 10.5 Å². The predicted molar refractivity (Wildman–Crippen MR) is 62.5 cm³/mol. The molecular formula is C10H20N2O3S. The summed E-state index contributed by atoms with van der Waals surface area (Å²) in [6.45, 7) is 6.09. The largest absolute Gasteiger partial charge is 0.363 e. The van der Waals surface area contributed by atoms with Gasteiger partial charge in [-0.05, 0) is 12.8 Å². The van der Waals surface area contributed by atoms with E-state index in [0.717, 1.165) is 6.42 Å². The lowest BCUT2D eigenvalue weighted by atomic mass is 10.0. The summed E-state index contributed by atoms with van der Waals surface area (Å²) in [5, 5.41) is 0. The second-order valence-electron chi connectivity index (χ2n) is 4.23. The fourth-order valence-corrected chi connectivity index (χ4v) is 2.53. The van der Waals surface area contributed by atoms with Crippen LogP contribution in [0.2, 0.25) is 0 Å². The lowest BCUT2D eigenvalue weighted by Gasteiger charge is -2.23. The van der Waals surface area contributed by atoms with Crippen molar-refractivity contribution in [2.24, 2.45) is 5.92 Å². The van der Waals surface area contributed by atoms with Gasteiger partial charge in [-0.1, -0.05) is 20.3 Å². The van der Waals surface area contributed by atoms with Crippen LogP contribution in [0, 0.1) is 5.92 Å². The maximum atomic E-state index is 11.8. The summed E-state index contributed by atoms with van der Waals surface area (Å²) in [7, 11) is -1.83. The SMILES string of the molecule is CCC(C)C(C)OS(=O)(=O)N1C=CN(C)C1. The van der Waals surface area contributed by atoms with Crippen molar-refractivity contribution < 1.29 is 12.6 Å². The molecule has 0 amide bonds. The number of nitrogens with zero attached hydrogens (tertiary/aromatic N) is 2. The van der Waals surface area contributed by atoms with Gasteiger partial charge < -0.3 is 4.90 Å². The van der Waals surface area contributed by atoms with Crippen molar-refractivity contribution in [3.63, 3.8) is 0 Å². The first kappa shape index (κ1) is 13.3. The molecule has 94 valence electrons. The van der Waals surface area contributed by atoms with Crippen molar-refractivity contribution in [1.29, 1.82) is 0 Å². The van der Waals surface area contributed by atoms with Gasteiger partial charge in [0.1, 0.15) is 6.67 Å². The zero-order valence-corrected chi connectivity index (χ0v) is 11.1. The normalized spacial score (nSPS) is 20.2. The second-order valence-corrected chi connectivity index (χ2v) is 5.75. The van der Waals surface area contributed by atoms with Crippen LogP contribution in [0.5, 0.6) is 0 Å². The average molecular weight is 248 g/mol. The molecule has 1 aliphatic heterocycles. The van der Waals surface area contributed by atoms with Crippen LogP contribution >= 0.6 is 0 Å². The quantitative estimate of drug-likeness (QED) is 0.737. The maximum Gasteiger partial charge on any atom is 0.363 e. The molecule has 5 nitrogen and oxygen atoms in total. The molecule has 0 saturated carbocycles. The van der Waals surface area contributed by atoms with E-state index in [0.29, 0.717) is 6.67 Å². The van der Waals surface area contributed by atoms with E-state index >= 15 is 0 Å². The Balaban J connectivity index is 2.62. The van der Waals surface area contributed by atoms with Gasteiger partial charge in [-0.15, -0.1) is 0 Å². The molecule has 0 radical (unpaired) electrons. The fourth-order valence-electron chi connectivity index (χ4n) is 1.32. The molecule has 1 heterocycles. The van der Waals surface area contributed by atoms with Gasteiger partial charge in [0.2, 0.25) is 0 Å². The van der Waals surface area contributed by atoms with Crippen molar-refractivity contribution in [2.75, 3.05) is 13.7 Å². The molecule has 0 aromatic heterocycles. The van der Waals surface area contributed by atoms with Crippen molar-refractivity contribution in [3.8, 4) is 0 Å². The first-order valence-electron chi connectivity index (χ1n) is 5.45. The molecule has 0 N–H and O–H groups in total. The van der Waals surface area contributed by atoms with E-state index in [-0.39, 0.29) is 12.0 Å². The summed E-state index contributed by atoms with van der Waals surface area (Å²) in [4.78, 5) is 1.77. The molecule has 0 bridgehead atoms. The molecule has 0 aromatic rings. The summed E-state index contributed by atoms with van der Waals surface area (Å²) in [5.74, 6) is 0.221. The van der Waals surface area contributed by atoms with Gasteiger partial charge in [0.25, 0.3) is 0 Å². The van der Waals surface area contributed by atoms with Gasteiger partial charge in [-0.25, -0.2) is 4.31 Å². The van der Waals surface area contributed by atoms with E-state index in [4.69, 9.17) is 4.18 Å². The Morgan fingerprint density at radius 1 is 1.38 bits per heavy atom. The third-order valence-corrected chi connectivity index (χ3v) is 4.21. The van der Waals surface area contributed by atoms with Crippen LogP contribution in [-0.4, -0.2) is 37.4 Å². The molecule has 0 saturated heterocycles. The lowest BCUT2D eigenvalue weighted by molar-refractivity contribution is 0.151. The van der Waals surface area contributed by atoms with Crippen LogP contribution in [0.15, 0.2) is 12.4 Å². The van der Waals surface area contributed by atoms with Crippen LogP contribution in [0.25, 0.3) is 0 Å². The van der Waals surface area contributed by atoms with Gasteiger partial charge in [0.05, 0.1) is 6.10 Å². The summed E-state index contributed by atoms with van der Waals surface area (Å²) < 4.78 is 30.0. The summed E-state index contributed by atoms with van der Waals surface area (Å²) in [5.41, 5.74) is 0. The van der Waals surface area contributed by atoms with Crippen LogP contribution in [0.3, 0.4) is 0 Å². The minimum Gasteiger partial charge on any atom is -0.361 e. The lowest BCUT2D eigenvalue weighted by Crippen LogP contribution is -2.34. The van der Waals surface area contributed by atoms with Gasteiger partial charge in [-0.2, -0.15) is 8.42 Å². The third kappa shape index (κ3) is 3.12. The molecule has 2 atom stereocenters. The minimum atomic E-state index is -3.64. The van der Waals surface area contributed by atoms with Crippen LogP contribution in [0.1, 0.15) is 27.2 Å². The van der Waals surface area contributed by atoms with Crippen LogP contribution in [-0.2, 0) is 14.5 Å². The van der Waals surface area contributed by atoms with Gasteiger partial charge in [0, 0.05) is 19.4 Å². The van der Waals surface area contributed by atoms with Crippen molar-refractivity contribution >= 4 is 10.3 Å². The van der Waals surface area contributed by atoms with E-state index in [1.807, 2.05) is 20.9 Å². The highest BCUT2D eigenvalue weighted by Crippen LogP contribution is 2.18. The zero-order chi connectivity index (χ0) is 12.3. The standard InChI is InChI=1S/C10H20N2O3S/c1-5-9(2)10(3)15-16(13,14)12-7-6-11(4)8-12/h6-7,9-10H,5,8H2,1-4H3. The van der Waals surface area contributed by atoms with Crippen molar-refractivity contribution in [1.82, 2.24) is 9.21 Å². The van der Waals surface area contributed by atoms with Gasteiger partial charge in [0.15, 0.2) is 0 Å². The Bertz CT molecular complexity index is 353. The van der Waals surface area contributed by atoms with E-state index < -0.39 is 10.3 Å². The molecule has 6 heteroatoms. The molecule has 2 unspecified atom stereocenters. The number of hydrogen-bond donors (Lipinski definition) is 0. The van der Waals surface area contributed by atoms with Crippen molar-refractivity contribution in [3.05, 3.63) is 12.4 Å². The Labute approximate surface area is 97.9 Å².